The van der Waals surface area contributed by atoms with E-state index >= 15 is 0 Å². The number of aliphatic hydroxyl groups is 1. The minimum absolute atomic E-state index is 0.147. The number of likely N-dealkylation sites (tertiary alicyclic amines) is 1. The number of morpholine rings is 1. The highest BCUT2D eigenvalue weighted by atomic mass is 19.1. The lowest BCUT2D eigenvalue weighted by Gasteiger charge is -2.29. The summed E-state index contributed by atoms with van der Waals surface area (Å²) in [5.41, 5.74) is 0.295. The quantitative estimate of drug-likeness (QED) is 0.580. The maximum Gasteiger partial charge on any atom is 0.194 e. The van der Waals surface area contributed by atoms with E-state index in [0.29, 0.717) is 11.5 Å². The summed E-state index contributed by atoms with van der Waals surface area (Å²) >= 11 is 0. The SMILES string of the molecule is CCNC(=NCC(O)c1ccccc1F)N1CCC(CN2CCOCC2)C1. The van der Waals surface area contributed by atoms with E-state index in [-0.39, 0.29) is 6.54 Å². The summed E-state index contributed by atoms with van der Waals surface area (Å²) in [6, 6.07) is 6.33. The molecule has 2 N–H and O–H groups in total. The number of guanidine groups is 1. The average molecular weight is 378 g/mol. The molecule has 27 heavy (non-hydrogen) atoms. The Hall–Kier alpha value is -1.70. The van der Waals surface area contributed by atoms with Gasteiger partial charge in [-0.1, -0.05) is 18.2 Å². The molecule has 2 atom stereocenters. The molecule has 0 aliphatic carbocycles. The second kappa shape index (κ2) is 10.0. The minimum atomic E-state index is -0.938. The van der Waals surface area contributed by atoms with E-state index in [1.54, 1.807) is 18.2 Å². The average Bonchev–Trinajstić information content (AvgIpc) is 3.14. The summed E-state index contributed by atoms with van der Waals surface area (Å²) in [5.74, 6) is 1.03. The number of benzene rings is 1. The van der Waals surface area contributed by atoms with Crippen LogP contribution in [0.5, 0.6) is 0 Å². The highest BCUT2D eigenvalue weighted by Crippen LogP contribution is 2.20. The van der Waals surface area contributed by atoms with Crippen LogP contribution in [0.3, 0.4) is 0 Å². The van der Waals surface area contributed by atoms with E-state index in [4.69, 9.17) is 4.74 Å². The molecule has 0 amide bonds. The second-order valence-electron chi connectivity index (χ2n) is 7.25. The minimum Gasteiger partial charge on any atom is -0.386 e. The number of hydrogen-bond acceptors (Lipinski definition) is 4. The number of rotatable bonds is 6. The number of halogens is 1. The number of hydrogen-bond donors (Lipinski definition) is 2. The van der Waals surface area contributed by atoms with Gasteiger partial charge < -0.3 is 20.1 Å². The van der Waals surface area contributed by atoms with Crippen LogP contribution < -0.4 is 5.32 Å². The van der Waals surface area contributed by atoms with Gasteiger partial charge >= 0.3 is 0 Å². The smallest absolute Gasteiger partial charge is 0.194 e. The van der Waals surface area contributed by atoms with E-state index < -0.39 is 11.9 Å². The fraction of sp³-hybridized carbons (Fsp3) is 0.650. The third-order valence-electron chi connectivity index (χ3n) is 5.22. The summed E-state index contributed by atoms with van der Waals surface area (Å²) in [5, 5.41) is 13.6. The Bertz CT molecular complexity index is 622. The van der Waals surface area contributed by atoms with Crippen LogP contribution in [0.25, 0.3) is 0 Å². The van der Waals surface area contributed by atoms with E-state index in [0.717, 1.165) is 64.9 Å². The lowest BCUT2D eigenvalue weighted by molar-refractivity contribution is 0.0315. The van der Waals surface area contributed by atoms with E-state index in [9.17, 15) is 9.50 Å². The van der Waals surface area contributed by atoms with Crippen LogP contribution >= 0.6 is 0 Å². The molecule has 2 unspecified atom stereocenters. The molecule has 2 saturated heterocycles. The Morgan fingerprint density at radius 3 is 2.85 bits per heavy atom. The van der Waals surface area contributed by atoms with Crippen LogP contribution in [0.15, 0.2) is 29.3 Å². The van der Waals surface area contributed by atoms with Gasteiger partial charge in [0.1, 0.15) is 11.9 Å². The van der Waals surface area contributed by atoms with Crippen molar-refractivity contribution in [1.29, 1.82) is 0 Å². The second-order valence-corrected chi connectivity index (χ2v) is 7.25. The molecule has 0 bridgehead atoms. The molecule has 0 aromatic heterocycles. The van der Waals surface area contributed by atoms with Crippen molar-refractivity contribution in [3.8, 4) is 0 Å². The molecule has 2 aliphatic rings. The Morgan fingerprint density at radius 1 is 1.33 bits per heavy atom. The monoisotopic (exact) mass is 378 g/mol. The molecule has 2 heterocycles. The maximum absolute atomic E-state index is 13.8. The number of aliphatic imine (C=N–C) groups is 1. The van der Waals surface area contributed by atoms with Gasteiger partial charge in [0.15, 0.2) is 5.96 Å². The first-order valence-corrected chi connectivity index (χ1v) is 9.93. The zero-order valence-electron chi connectivity index (χ0n) is 16.1. The molecule has 7 heteroatoms. The largest absolute Gasteiger partial charge is 0.386 e. The standard InChI is InChI=1S/C20H31FN4O2/c1-2-22-20(23-13-19(26)17-5-3-4-6-18(17)21)25-8-7-16(15-25)14-24-9-11-27-12-10-24/h3-6,16,19,26H,2,7-15H2,1H3,(H,22,23). The van der Waals surface area contributed by atoms with Gasteiger partial charge in [0, 0.05) is 44.8 Å². The van der Waals surface area contributed by atoms with Crippen LogP contribution in [-0.4, -0.2) is 79.9 Å². The lowest BCUT2D eigenvalue weighted by Crippen LogP contribution is -2.42. The summed E-state index contributed by atoms with van der Waals surface area (Å²) in [4.78, 5) is 9.30. The number of aliphatic hydroxyl groups excluding tert-OH is 1. The molecule has 0 spiro atoms. The van der Waals surface area contributed by atoms with Gasteiger partial charge in [-0.25, -0.2) is 4.39 Å². The molecule has 2 fully saturated rings. The highest BCUT2D eigenvalue weighted by molar-refractivity contribution is 5.80. The maximum atomic E-state index is 13.8. The fourth-order valence-electron chi connectivity index (χ4n) is 3.77. The third kappa shape index (κ3) is 5.64. The normalized spacial score (nSPS) is 22.9. The van der Waals surface area contributed by atoms with E-state index in [2.05, 4.69) is 20.1 Å². The van der Waals surface area contributed by atoms with Crippen LogP contribution in [0.1, 0.15) is 25.0 Å². The summed E-state index contributed by atoms with van der Waals surface area (Å²) in [7, 11) is 0. The van der Waals surface area contributed by atoms with Crippen molar-refractivity contribution in [2.45, 2.75) is 19.4 Å². The zero-order valence-corrected chi connectivity index (χ0v) is 16.1. The van der Waals surface area contributed by atoms with Crippen LogP contribution in [0.4, 0.5) is 4.39 Å². The Labute approximate surface area is 161 Å². The topological polar surface area (TPSA) is 60.3 Å². The van der Waals surface area contributed by atoms with Crippen molar-refractivity contribution >= 4 is 5.96 Å². The first-order valence-electron chi connectivity index (χ1n) is 9.93. The van der Waals surface area contributed by atoms with Crippen molar-refractivity contribution in [3.63, 3.8) is 0 Å². The van der Waals surface area contributed by atoms with Gasteiger partial charge in [-0.2, -0.15) is 0 Å². The van der Waals surface area contributed by atoms with Crippen molar-refractivity contribution < 1.29 is 14.2 Å². The molecule has 3 rings (SSSR count). The summed E-state index contributed by atoms with van der Waals surface area (Å²) in [6.45, 7) is 9.63. The van der Waals surface area contributed by atoms with Crippen molar-refractivity contribution in [2.75, 3.05) is 59.0 Å². The first-order chi connectivity index (χ1) is 13.2. The number of nitrogens with zero attached hydrogens (tertiary/aromatic N) is 3. The van der Waals surface area contributed by atoms with E-state index in [1.165, 1.54) is 6.07 Å². The van der Waals surface area contributed by atoms with Crippen molar-refractivity contribution in [3.05, 3.63) is 35.6 Å². The lowest BCUT2D eigenvalue weighted by atomic mass is 10.1. The van der Waals surface area contributed by atoms with Crippen molar-refractivity contribution in [1.82, 2.24) is 15.1 Å². The molecule has 2 aliphatic heterocycles. The Balaban J connectivity index is 1.56. The third-order valence-corrected chi connectivity index (χ3v) is 5.22. The van der Waals surface area contributed by atoms with Gasteiger partial charge in [-0.05, 0) is 25.3 Å². The van der Waals surface area contributed by atoms with Gasteiger partial charge in [-0.15, -0.1) is 0 Å². The van der Waals surface area contributed by atoms with Crippen LogP contribution in [0.2, 0.25) is 0 Å². The van der Waals surface area contributed by atoms with Gasteiger partial charge in [0.05, 0.1) is 19.8 Å². The molecular weight excluding hydrogens is 347 g/mol. The Kier molecular flexibility index (Phi) is 7.43. The number of nitrogens with one attached hydrogen (secondary N) is 1. The predicted octanol–water partition coefficient (Wildman–Crippen LogP) is 1.48. The van der Waals surface area contributed by atoms with Crippen LogP contribution in [-0.2, 0) is 4.74 Å². The van der Waals surface area contributed by atoms with Gasteiger partial charge in [0.25, 0.3) is 0 Å². The molecule has 150 valence electrons. The predicted molar refractivity (Wildman–Crippen MR) is 104 cm³/mol. The molecule has 6 nitrogen and oxygen atoms in total. The molecule has 0 radical (unpaired) electrons. The number of ether oxygens (including phenoxy) is 1. The van der Waals surface area contributed by atoms with Crippen LogP contribution in [0, 0.1) is 11.7 Å². The first kappa shape index (κ1) is 20.0. The van der Waals surface area contributed by atoms with Gasteiger partial charge in [0.2, 0.25) is 0 Å². The van der Waals surface area contributed by atoms with Gasteiger partial charge in [-0.3, -0.25) is 9.89 Å². The fourth-order valence-corrected chi connectivity index (χ4v) is 3.77. The molecular formula is C20H31FN4O2. The molecule has 1 aromatic carbocycles. The summed E-state index contributed by atoms with van der Waals surface area (Å²) in [6.07, 6.45) is 0.198. The molecule has 0 saturated carbocycles. The molecule has 1 aromatic rings. The summed E-state index contributed by atoms with van der Waals surface area (Å²) < 4.78 is 19.3. The zero-order chi connectivity index (χ0) is 19.1. The van der Waals surface area contributed by atoms with Crippen molar-refractivity contribution in [2.24, 2.45) is 10.9 Å². The Morgan fingerprint density at radius 2 is 2.11 bits per heavy atom. The van der Waals surface area contributed by atoms with E-state index in [1.807, 2.05) is 6.92 Å². The highest BCUT2D eigenvalue weighted by Gasteiger charge is 2.27.